The molecule has 1 rings (SSSR count). The SMILES string of the molecule is CC/C(=C/CO)c1cccc([N+](=O)[O-])c1. The number of allylic oxidation sites excluding steroid dienone is 1. The molecule has 0 fully saturated rings. The number of rotatable bonds is 4. The van der Waals surface area contributed by atoms with E-state index in [1.807, 2.05) is 6.92 Å². The maximum absolute atomic E-state index is 10.6. The summed E-state index contributed by atoms with van der Waals surface area (Å²) in [7, 11) is 0. The number of hydrogen-bond acceptors (Lipinski definition) is 3. The second-order valence-electron chi connectivity index (χ2n) is 3.07. The fourth-order valence-corrected chi connectivity index (χ4v) is 1.40. The van der Waals surface area contributed by atoms with Gasteiger partial charge in [-0.3, -0.25) is 10.1 Å². The van der Waals surface area contributed by atoms with Gasteiger partial charge in [-0.15, -0.1) is 0 Å². The van der Waals surface area contributed by atoms with Crippen molar-refractivity contribution in [3.8, 4) is 0 Å². The summed E-state index contributed by atoms with van der Waals surface area (Å²) in [4.78, 5) is 10.1. The van der Waals surface area contributed by atoms with Crippen molar-refractivity contribution in [3.63, 3.8) is 0 Å². The molecule has 4 heteroatoms. The van der Waals surface area contributed by atoms with Gasteiger partial charge in [-0.25, -0.2) is 0 Å². The number of nitro groups is 1. The normalized spacial score (nSPS) is 11.5. The minimum Gasteiger partial charge on any atom is -0.392 e. The maximum Gasteiger partial charge on any atom is 0.270 e. The van der Waals surface area contributed by atoms with Gasteiger partial charge < -0.3 is 5.11 Å². The Morgan fingerprint density at radius 1 is 1.60 bits per heavy atom. The zero-order chi connectivity index (χ0) is 11.3. The molecule has 4 nitrogen and oxygen atoms in total. The molecule has 0 aromatic heterocycles. The predicted octanol–water partition coefficient (Wildman–Crippen LogP) is 2.38. The van der Waals surface area contributed by atoms with E-state index in [-0.39, 0.29) is 12.3 Å². The second kappa shape index (κ2) is 5.26. The fourth-order valence-electron chi connectivity index (χ4n) is 1.40. The highest BCUT2D eigenvalue weighted by molar-refractivity contribution is 5.67. The van der Waals surface area contributed by atoms with Crippen LogP contribution in [-0.2, 0) is 0 Å². The van der Waals surface area contributed by atoms with Gasteiger partial charge in [0.15, 0.2) is 0 Å². The van der Waals surface area contributed by atoms with Crippen molar-refractivity contribution in [2.45, 2.75) is 13.3 Å². The van der Waals surface area contributed by atoms with Crippen LogP contribution in [0.5, 0.6) is 0 Å². The van der Waals surface area contributed by atoms with Gasteiger partial charge >= 0.3 is 0 Å². The first-order valence-corrected chi connectivity index (χ1v) is 4.73. The highest BCUT2D eigenvalue weighted by Gasteiger charge is 2.07. The molecule has 1 aromatic carbocycles. The van der Waals surface area contributed by atoms with Crippen LogP contribution in [0.15, 0.2) is 30.3 Å². The van der Waals surface area contributed by atoms with E-state index < -0.39 is 4.92 Å². The molecule has 0 radical (unpaired) electrons. The molecule has 0 bridgehead atoms. The lowest BCUT2D eigenvalue weighted by Gasteiger charge is -2.03. The van der Waals surface area contributed by atoms with Crippen molar-refractivity contribution in [3.05, 3.63) is 46.0 Å². The van der Waals surface area contributed by atoms with Crippen LogP contribution in [0, 0.1) is 10.1 Å². The number of benzene rings is 1. The van der Waals surface area contributed by atoms with E-state index in [4.69, 9.17) is 5.11 Å². The van der Waals surface area contributed by atoms with Gasteiger partial charge in [-0.05, 0) is 17.6 Å². The van der Waals surface area contributed by atoms with Crippen molar-refractivity contribution in [2.24, 2.45) is 0 Å². The molecular weight excluding hydrogens is 194 g/mol. The second-order valence-corrected chi connectivity index (χ2v) is 3.07. The van der Waals surface area contributed by atoms with Crippen molar-refractivity contribution in [1.29, 1.82) is 0 Å². The maximum atomic E-state index is 10.6. The summed E-state index contributed by atoms with van der Waals surface area (Å²) in [5.74, 6) is 0. The van der Waals surface area contributed by atoms with Crippen LogP contribution in [0.4, 0.5) is 5.69 Å². The third kappa shape index (κ3) is 2.89. The van der Waals surface area contributed by atoms with Gasteiger partial charge in [0.05, 0.1) is 11.5 Å². The van der Waals surface area contributed by atoms with E-state index in [0.717, 1.165) is 17.6 Å². The zero-order valence-electron chi connectivity index (χ0n) is 8.51. The minimum atomic E-state index is -0.421. The molecule has 0 saturated heterocycles. The van der Waals surface area contributed by atoms with E-state index >= 15 is 0 Å². The molecule has 0 aliphatic heterocycles. The fraction of sp³-hybridized carbons (Fsp3) is 0.273. The molecule has 0 aliphatic carbocycles. The van der Waals surface area contributed by atoms with Crippen LogP contribution < -0.4 is 0 Å². The Morgan fingerprint density at radius 2 is 2.33 bits per heavy atom. The molecule has 0 unspecified atom stereocenters. The molecule has 1 N–H and O–H groups in total. The van der Waals surface area contributed by atoms with Crippen LogP contribution in [0.2, 0.25) is 0 Å². The standard InChI is InChI=1S/C11H13NO3/c1-2-9(6-7-13)10-4-3-5-11(8-10)12(14)15/h3-6,8,13H,2,7H2,1H3/b9-6-. The molecule has 80 valence electrons. The minimum absolute atomic E-state index is 0.0497. The lowest BCUT2D eigenvalue weighted by Crippen LogP contribution is -1.90. The van der Waals surface area contributed by atoms with E-state index in [1.54, 1.807) is 18.2 Å². The third-order valence-corrected chi connectivity index (χ3v) is 2.15. The summed E-state index contributed by atoms with van der Waals surface area (Å²) < 4.78 is 0. The Balaban J connectivity index is 3.08. The Kier molecular flexibility index (Phi) is 4.00. The van der Waals surface area contributed by atoms with Crippen LogP contribution in [0.3, 0.4) is 0 Å². The summed E-state index contributed by atoms with van der Waals surface area (Å²) >= 11 is 0. The lowest BCUT2D eigenvalue weighted by atomic mass is 10.0. The number of aliphatic hydroxyl groups is 1. The number of hydrogen-bond donors (Lipinski definition) is 1. The average Bonchev–Trinajstić information content (AvgIpc) is 2.26. The first-order chi connectivity index (χ1) is 7.19. The molecule has 0 heterocycles. The molecule has 0 amide bonds. The Bertz CT molecular complexity index is 385. The van der Waals surface area contributed by atoms with Gasteiger partial charge in [0.1, 0.15) is 0 Å². The Morgan fingerprint density at radius 3 is 2.87 bits per heavy atom. The summed E-state index contributed by atoms with van der Waals surface area (Å²) in [6, 6.07) is 6.42. The lowest BCUT2D eigenvalue weighted by molar-refractivity contribution is -0.384. The van der Waals surface area contributed by atoms with Crippen molar-refractivity contribution >= 4 is 11.3 Å². The van der Waals surface area contributed by atoms with E-state index in [1.165, 1.54) is 12.1 Å². The van der Waals surface area contributed by atoms with Crippen molar-refractivity contribution < 1.29 is 10.0 Å². The molecule has 0 spiro atoms. The molecule has 1 aromatic rings. The first-order valence-electron chi connectivity index (χ1n) is 4.73. The number of nitrogens with zero attached hydrogens (tertiary/aromatic N) is 1. The van der Waals surface area contributed by atoms with Crippen molar-refractivity contribution in [2.75, 3.05) is 6.61 Å². The highest BCUT2D eigenvalue weighted by atomic mass is 16.6. The highest BCUT2D eigenvalue weighted by Crippen LogP contribution is 2.22. The topological polar surface area (TPSA) is 63.4 Å². The molecule has 0 saturated carbocycles. The van der Waals surface area contributed by atoms with Crippen LogP contribution in [0.25, 0.3) is 5.57 Å². The first kappa shape index (κ1) is 11.4. The predicted molar refractivity (Wildman–Crippen MR) is 58.5 cm³/mol. The molecule has 15 heavy (non-hydrogen) atoms. The van der Waals surface area contributed by atoms with Crippen LogP contribution in [0.1, 0.15) is 18.9 Å². The summed E-state index contributed by atoms with van der Waals surface area (Å²) in [6.07, 6.45) is 2.40. The largest absolute Gasteiger partial charge is 0.392 e. The summed E-state index contributed by atoms with van der Waals surface area (Å²) in [5, 5.41) is 19.4. The Hall–Kier alpha value is -1.68. The quantitative estimate of drug-likeness (QED) is 0.609. The Labute approximate surface area is 88.0 Å². The monoisotopic (exact) mass is 207 g/mol. The van der Waals surface area contributed by atoms with Gasteiger partial charge in [0.2, 0.25) is 0 Å². The van der Waals surface area contributed by atoms with Crippen LogP contribution in [-0.4, -0.2) is 16.6 Å². The molecule has 0 atom stereocenters. The summed E-state index contributed by atoms with van der Waals surface area (Å²) in [5.41, 5.74) is 1.78. The smallest absolute Gasteiger partial charge is 0.270 e. The number of non-ortho nitro benzene ring substituents is 1. The van der Waals surface area contributed by atoms with E-state index in [2.05, 4.69) is 0 Å². The van der Waals surface area contributed by atoms with E-state index in [9.17, 15) is 10.1 Å². The summed E-state index contributed by atoms with van der Waals surface area (Å²) in [6.45, 7) is 1.90. The van der Waals surface area contributed by atoms with Gasteiger partial charge in [0.25, 0.3) is 5.69 Å². The number of nitro benzene ring substituents is 1. The number of aliphatic hydroxyl groups excluding tert-OH is 1. The van der Waals surface area contributed by atoms with Gasteiger partial charge in [0, 0.05) is 12.1 Å². The average molecular weight is 207 g/mol. The van der Waals surface area contributed by atoms with E-state index in [0.29, 0.717) is 0 Å². The third-order valence-electron chi connectivity index (χ3n) is 2.15. The molecular formula is C11H13NO3. The van der Waals surface area contributed by atoms with Crippen molar-refractivity contribution in [1.82, 2.24) is 0 Å². The van der Waals surface area contributed by atoms with Gasteiger partial charge in [-0.1, -0.05) is 25.1 Å². The van der Waals surface area contributed by atoms with Crippen LogP contribution >= 0.6 is 0 Å². The molecule has 0 aliphatic rings. The van der Waals surface area contributed by atoms with Gasteiger partial charge in [-0.2, -0.15) is 0 Å². The zero-order valence-corrected chi connectivity index (χ0v) is 8.51.